The molecule has 0 fully saturated rings. The molecular formula is C16H10ClN5O. The molecule has 1 amide bonds. The van der Waals surface area contributed by atoms with Crippen molar-refractivity contribution >= 4 is 23.2 Å². The molecular weight excluding hydrogens is 314 g/mol. The molecule has 0 saturated heterocycles. The van der Waals surface area contributed by atoms with Crippen molar-refractivity contribution in [3.63, 3.8) is 0 Å². The van der Waals surface area contributed by atoms with Gasteiger partial charge in [-0.1, -0.05) is 11.6 Å². The van der Waals surface area contributed by atoms with Crippen molar-refractivity contribution in [2.75, 3.05) is 5.32 Å². The third-order valence-corrected chi connectivity index (χ3v) is 3.42. The van der Waals surface area contributed by atoms with E-state index in [2.05, 4.69) is 15.4 Å². The standard InChI is InChI=1S/C16H10ClN5O/c17-13-3-2-11(10-18)8-14(13)21-16(23)15-9-12(4-6-19-15)22-7-1-5-20-22/h1-9H,(H,21,23). The molecule has 23 heavy (non-hydrogen) atoms. The Hall–Kier alpha value is -3.17. The third kappa shape index (κ3) is 3.20. The number of halogens is 1. The van der Waals surface area contributed by atoms with Crippen LogP contribution in [0.3, 0.4) is 0 Å². The number of aromatic nitrogens is 3. The number of carbonyl (C=O) groups is 1. The van der Waals surface area contributed by atoms with Gasteiger partial charge in [0.25, 0.3) is 5.91 Å². The Balaban J connectivity index is 1.87. The van der Waals surface area contributed by atoms with Gasteiger partial charge in [0.15, 0.2) is 0 Å². The van der Waals surface area contributed by atoms with Crippen LogP contribution in [0, 0.1) is 11.3 Å². The number of carbonyl (C=O) groups excluding carboxylic acids is 1. The number of nitrogens with one attached hydrogen (secondary N) is 1. The summed E-state index contributed by atoms with van der Waals surface area (Å²) in [7, 11) is 0. The van der Waals surface area contributed by atoms with E-state index in [0.29, 0.717) is 22.0 Å². The highest BCUT2D eigenvalue weighted by atomic mass is 35.5. The van der Waals surface area contributed by atoms with Crippen LogP contribution in [0.15, 0.2) is 55.0 Å². The van der Waals surface area contributed by atoms with Crippen molar-refractivity contribution in [2.24, 2.45) is 0 Å². The molecule has 0 spiro atoms. The fourth-order valence-corrected chi connectivity index (χ4v) is 2.15. The number of hydrogen-bond donors (Lipinski definition) is 1. The van der Waals surface area contributed by atoms with Crippen LogP contribution in [0.25, 0.3) is 5.69 Å². The molecule has 0 radical (unpaired) electrons. The minimum Gasteiger partial charge on any atom is -0.319 e. The van der Waals surface area contributed by atoms with Crippen molar-refractivity contribution < 1.29 is 4.79 Å². The monoisotopic (exact) mass is 323 g/mol. The van der Waals surface area contributed by atoms with E-state index < -0.39 is 5.91 Å². The van der Waals surface area contributed by atoms with Gasteiger partial charge in [-0.15, -0.1) is 0 Å². The fraction of sp³-hybridized carbons (Fsp3) is 0. The number of hydrogen-bond acceptors (Lipinski definition) is 4. The maximum absolute atomic E-state index is 12.3. The van der Waals surface area contributed by atoms with Crippen molar-refractivity contribution in [3.05, 3.63) is 71.3 Å². The molecule has 7 heteroatoms. The largest absolute Gasteiger partial charge is 0.319 e. The van der Waals surface area contributed by atoms with Crippen LogP contribution < -0.4 is 5.32 Å². The van der Waals surface area contributed by atoms with Crippen LogP contribution in [-0.4, -0.2) is 20.7 Å². The first kappa shape index (κ1) is 14.8. The average Bonchev–Trinajstić information content (AvgIpc) is 3.11. The van der Waals surface area contributed by atoms with E-state index in [-0.39, 0.29) is 5.69 Å². The van der Waals surface area contributed by atoms with Gasteiger partial charge in [-0.3, -0.25) is 9.78 Å². The number of amides is 1. The summed E-state index contributed by atoms with van der Waals surface area (Å²) in [6.45, 7) is 0. The molecule has 1 N–H and O–H groups in total. The van der Waals surface area contributed by atoms with Gasteiger partial charge in [-0.05, 0) is 36.4 Å². The Morgan fingerprint density at radius 1 is 1.26 bits per heavy atom. The lowest BCUT2D eigenvalue weighted by Gasteiger charge is -2.08. The first-order chi connectivity index (χ1) is 11.2. The van der Waals surface area contributed by atoms with E-state index in [0.717, 1.165) is 0 Å². The Morgan fingerprint density at radius 2 is 2.13 bits per heavy atom. The molecule has 6 nitrogen and oxygen atoms in total. The molecule has 1 aromatic carbocycles. The molecule has 0 unspecified atom stereocenters. The second-order valence-electron chi connectivity index (χ2n) is 4.61. The van der Waals surface area contributed by atoms with Crippen molar-refractivity contribution in [1.82, 2.24) is 14.8 Å². The normalized spacial score (nSPS) is 10.1. The molecule has 0 aliphatic heterocycles. The molecule has 2 heterocycles. The van der Waals surface area contributed by atoms with E-state index in [9.17, 15) is 4.79 Å². The SMILES string of the molecule is N#Cc1ccc(Cl)c(NC(=O)c2cc(-n3cccn3)ccn2)c1. The number of nitriles is 1. The highest BCUT2D eigenvalue weighted by Gasteiger charge is 2.12. The van der Waals surface area contributed by atoms with Crippen LogP contribution in [0.1, 0.15) is 16.1 Å². The Morgan fingerprint density at radius 3 is 2.87 bits per heavy atom. The molecule has 0 aliphatic rings. The zero-order valence-electron chi connectivity index (χ0n) is 11.8. The zero-order valence-corrected chi connectivity index (χ0v) is 12.5. The summed E-state index contributed by atoms with van der Waals surface area (Å²) < 4.78 is 1.63. The first-order valence-corrected chi connectivity index (χ1v) is 7.02. The van der Waals surface area contributed by atoms with Crippen LogP contribution in [-0.2, 0) is 0 Å². The second kappa shape index (κ2) is 6.30. The maximum atomic E-state index is 12.3. The average molecular weight is 324 g/mol. The molecule has 0 aliphatic carbocycles. The summed E-state index contributed by atoms with van der Waals surface area (Å²) in [6.07, 6.45) is 4.94. The van der Waals surface area contributed by atoms with Gasteiger partial charge in [0.05, 0.1) is 28.0 Å². The lowest BCUT2D eigenvalue weighted by Crippen LogP contribution is -2.14. The summed E-state index contributed by atoms with van der Waals surface area (Å²) in [5, 5.41) is 16.0. The van der Waals surface area contributed by atoms with E-state index in [4.69, 9.17) is 16.9 Å². The number of rotatable bonds is 3. The summed E-state index contributed by atoms with van der Waals surface area (Å²) in [5.74, 6) is -0.420. The summed E-state index contributed by atoms with van der Waals surface area (Å²) in [4.78, 5) is 16.4. The van der Waals surface area contributed by atoms with Gasteiger partial charge >= 0.3 is 0 Å². The van der Waals surface area contributed by atoms with Gasteiger partial charge in [-0.25, -0.2) is 4.68 Å². The second-order valence-corrected chi connectivity index (χ2v) is 5.02. The minimum absolute atomic E-state index is 0.219. The predicted molar refractivity (Wildman–Crippen MR) is 85.5 cm³/mol. The molecule has 3 aromatic rings. The van der Waals surface area contributed by atoms with E-state index >= 15 is 0 Å². The number of pyridine rings is 1. The van der Waals surface area contributed by atoms with Crippen LogP contribution in [0.4, 0.5) is 5.69 Å². The summed E-state index contributed by atoms with van der Waals surface area (Å²) in [5.41, 5.74) is 1.70. The Bertz CT molecular complexity index is 899. The van der Waals surface area contributed by atoms with Gasteiger partial charge in [0, 0.05) is 18.6 Å². The molecule has 112 valence electrons. The van der Waals surface area contributed by atoms with E-state index in [1.807, 2.05) is 6.07 Å². The predicted octanol–water partition coefficient (Wildman–Crippen LogP) is 3.04. The minimum atomic E-state index is -0.420. The maximum Gasteiger partial charge on any atom is 0.274 e. The number of nitrogens with zero attached hydrogens (tertiary/aromatic N) is 4. The number of benzene rings is 1. The van der Waals surface area contributed by atoms with Gasteiger partial charge in [0.2, 0.25) is 0 Å². The van der Waals surface area contributed by atoms with Crippen LogP contribution in [0.2, 0.25) is 5.02 Å². The molecule has 2 aromatic heterocycles. The van der Waals surface area contributed by atoms with E-state index in [1.54, 1.807) is 47.4 Å². The molecule has 3 rings (SSSR count). The Kier molecular flexibility index (Phi) is 4.04. The molecule has 0 saturated carbocycles. The van der Waals surface area contributed by atoms with Crippen molar-refractivity contribution in [3.8, 4) is 11.8 Å². The smallest absolute Gasteiger partial charge is 0.274 e. The van der Waals surface area contributed by atoms with Crippen LogP contribution >= 0.6 is 11.6 Å². The highest BCUT2D eigenvalue weighted by Crippen LogP contribution is 2.23. The topological polar surface area (TPSA) is 83.6 Å². The summed E-state index contributed by atoms with van der Waals surface area (Å²) >= 11 is 6.04. The fourth-order valence-electron chi connectivity index (χ4n) is 1.98. The zero-order chi connectivity index (χ0) is 16.2. The van der Waals surface area contributed by atoms with E-state index in [1.165, 1.54) is 12.3 Å². The van der Waals surface area contributed by atoms with Crippen molar-refractivity contribution in [2.45, 2.75) is 0 Å². The van der Waals surface area contributed by atoms with Gasteiger partial charge < -0.3 is 5.32 Å². The quantitative estimate of drug-likeness (QED) is 0.803. The van der Waals surface area contributed by atoms with Crippen LogP contribution in [0.5, 0.6) is 0 Å². The molecule has 0 bridgehead atoms. The molecule has 0 atom stereocenters. The lowest BCUT2D eigenvalue weighted by molar-refractivity contribution is 0.102. The van der Waals surface area contributed by atoms with Crippen molar-refractivity contribution in [1.29, 1.82) is 5.26 Å². The Labute approximate surface area is 137 Å². The lowest BCUT2D eigenvalue weighted by atomic mass is 10.2. The van der Waals surface area contributed by atoms with Gasteiger partial charge in [-0.2, -0.15) is 10.4 Å². The third-order valence-electron chi connectivity index (χ3n) is 3.09. The van der Waals surface area contributed by atoms with Gasteiger partial charge in [0.1, 0.15) is 5.69 Å². The summed E-state index contributed by atoms with van der Waals surface area (Å²) in [6, 6.07) is 11.8. The number of anilines is 1. The first-order valence-electron chi connectivity index (χ1n) is 6.64. The highest BCUT2D eigenvalue weighted by molar-refractivity contribution is 6.34.